The van der Waals surface area contributed by atoms with Crippen LogP contribution < -0.4 is 10.5 Å². The summed E-state index contributed by atoms with van der Waals surface area (Å²) >= 11 is 0. The van der Waals surface area contributed by atoms with Crippen LogP contribution in [0.3, 0.4) is 0 Å². The van der Waals surface area contributed by atoms with Crippen molar-refractivity contribution in [3.8, 4) is 5.75 Å². The summed E-state index contributed by atoms with van der Waals surface area (Å²) in [7, 11) is 0. The monoisotopic (exact) mass is 283 g/mol. The Morgan fingerprint density at radius 2 is 1.76 bits per heavy atom. The molecule has 0 fully saturated rings. The summed E-state index contributed by atoms with van der Waals surface area (Å²) in [6.45, 7) is 7.66. The first kappa shape index (κ1) is 15.6. The molecule has 2 heteroatoms. The molecule has 2 N–H and O–H groups in total. The van der Waals surface area contributed by atoms with Crippen LogP contribution in [0.4, 0.5) is 0 Å². The molecule has 0 aliphatic carbocycles. The molecule has 0 bridgehead atoms. The minimum atomic E-state index is 0.364. The molecular formula is C19H25NO. The zero-order chi connectivity index (χ0) is 15.2. The summed E-state index contributed by atoms with van der Waals surface area (Å²) in [6, 6.07) is 15.0. The zero-order valence-corrected chi connectivity index (χ0v) is 13.2. The smallest absolute Gasteiger partial charge is 0.119 e. The third-order valence-electron chi connectivity index (χ3n) is 3.87. The Hall–Kier alpha value is -1.80. The van der Waals surface area contributed by atoms with E-state index in [1.165, 1.54) is 22.3 Å². The van der Waals surface area contributed by atoms with Gasteiger partial charge in [-0.2, -0.15) is 0 Å². The van der Waals surface area contributed by atoms with Crippen molar-refractivity contribution in [3.05, 3.63) is 64.7 Å². The number of nitrogens with two attached hydrogens (primary N) is 1. The lowest BCUT2D eigenvalue weighted by Gasteiger charge is -2.18. The molecule has 1 unspecified atom stereocenters. The van der Waals surface area contributed by atoms with E-state index in [1.54, 1.807) is 0 Å². The maximum absolute atomic E-state index is 6.01. The average molecular weight is 283 g/mol. The van der Waals surface area contributed by atoms with Crippen LogP contribution in [-0.2, 0) is 6.42 Å². The normalized spacial score (nSPS) is 12.2. The Morgan fingerprint density at radius 3 is 2.33 bits per heavy atom. The van der Waals surface area contributed by atoms with Crippen LogP contribution in [0.25, 0.3) is 0 Å². The largest absolute Gasteiger partial charge is 0.494 e. The molecule has 0 saturated carbocycles. The highest BCUT2D eigenvalue weighted by Gasteiger charge is 2.13. The SMILES string of the molecule is CCOc1ccc(CC(CN)c2ccc(C)cc2C)cc1. The fraction of sp³-hybridized carbons (Fsp3) is 0.368. The van der Waals surface area contributed by atoms with E-state index in [1.807, 2.05) is 19.1 Å². The van der Waals surface area contributed by atoms with Gasteiger partial charge in [0.1, 0.15) is 5.75 Å². The van der Waals surface area contributed by atoms with Gasteiger partial charge in [-0.05, 0) is 62.6 Å². The predicted molar refractivity (Wildman–Crippen MR) is 89.0 cm³/mol. The number of aryl methyl sites for hydroxylation is 2. The van der Waals surface area contributed by atoms with E-state index in [0.717, 1.165) is 12.2 Å². The molecule has 2 aromatic rings. The van der Waals surface area contributed by atoms with E-state index >= 15 is 0 Å². The summed E-state index contributed by atoms with van der Waals surface area (Å²) < 4.78 is 5.48. The quantitative estimate of drug-likeness (QED) is 0.870. The summed E-state index contributed by atoms with van der Waals surface area (Å²) in [6.07, 6.45) is 0.965. The molecule has 0 radical (unpaired) electrons. The molecule has 2 nitrogen and oxygen atoms in total. The third kappa shape index (κ3) is 4.08. The molecular weight excluding hydrogens is 258 g/mol. The van der Waals surface area contributed by atoms with Crippen LogP contribution in [0.2, 0.25) is 0 Å². The van der Waals surface area contributed by atoms with Gasteiger partial charge in [-0.25, -0.2) is 0 Å². The van der Waals surface area contributed by atoms with Gasteiger partial charge in [0.2, 0.25) is 0 Å². The van der Waals surface area contributed by atoms with Crippen molar-refractivity contribution in [2.45, 2.75) is 33.1 Å². The second-order valence-electron chi connectivity index (χ2n) is 5.57. The number of hydrogen-bond acceptors (Lipinski definition) is 2. The highest BCUT2D eigenvalue weighted by atomic mass is 16.5. The molecule has 0 heterocycles. The van der Waals surface area contributed by atoms with Crippen LogP contribution in [-0.4, -0.2) is 13.2 Å². The molecule has 2 rings (SSSR count). The molecule has 112 valence electrons. The lowest BCUT2D eigenvalue weighted by atomic mass is 9.88. The second-order valence-corrected chi connectivity index (χ2v) is 5.57. The molecule has 0 amide bonds. The van der Waals surface area contributed by atoms with Crippen molar-refractivity contribution in [1.82, 2.24) is 0 Å². The van der Waals surface area contributed by atoms with E-state index in [-0.39, 0.29) is 0 Å². The molecule has 0 spiro atoms. The first-order valence-electron chi connectivity index (χ1n) is 7.63. The highest BCUT2D eigenvalue weighted by Crippen LogP contribution is 2.25. The first-order chi connectivity index (χ1) is 10.1. The van der Waals surface area contributed by atoms with E-state index in [2.05, 4.69) is 44.2 Å². The standard InChI is InChI=1S/C19H25NO/c1-4-21-18-8-6-16(7-9-18)12-17(13-20)19-10-5-14(2)11-15(19)3/h5-11,17H,4,12-13,20H2,1-3H3. The summed E-state index contributed by atoms with van der Waals surface area (Å²) in [5.74, 6) is 1.29. The molecule has 0 aliphatic rings. The van der Waals surface area contributed by atoms with Gasteiger partial charge in [-0.1, -0.05) is 35.9 Å². The van der Waals surface area contributed by atoms with Crippen LogP contribution in [0.5, 0.6) is 5.75 Å². The fourth-order valence-electron chi connectivity index (χ4n) is 2.78. The Labute approximate surface area is 127 Å². The molecule has 2 aromatic carbocycles. The molecule has 1 atom stereocenters. The Morgan fingerprint density at radius 1 is 1.05 bits per heavy atom. The number of ether oxygens (including phenoxy) is 1. The summed E-state index contributed by atoms with van der Waals surface area (Å²) in [5.41, 5.74) is 11.3. The third-order valence-corrected chi connectivity index (χ3v) is 3.87. The van der Waals surface area contributed by atoms with E-state index in [0.29, 0.717) is 19.1 Å². The number of rotatable bonds is 6. The van der Waals surface area contributed by atoms with Crippen molar-refractivity contribution < 1.29 is 4.74 Å². The summed E-state index contributed by atoms with van der Waals surface area (Å²) in [4.78, 5) is 0. The van der Waals surface area contributed by atoms with Gasteiger partial charge in [0.15, 0.2) is 0 Å². The van der Waals surface area contributed by atoms with Crippen LogP contribution in [0.1, 0.15) is 35.1 Å². The number of hydrogen-bond donors (Lipinski definition) is 1. The second kappa shape index (κ2) is 7.28. The van der Waals surface area contributed by atoms with E-state index in [4.69, 9.17) is 10.5 Å². The molecule has 0 aromatic heterocycles. The highest BCUT2D eigenvalue weighted by molar-refractivity contribution is 5.35. The fourth-order valence-corrected chi connectivity index (χ4v) is 2.78. The van der Waals surface area contributed by atoms with Crippen molar-refractivity contribution in [2.24, 2.45) is 5.73 Å². The Balaban J connectivity index is 2.14. The minimum Gasteiger partial charge on any atom is -0.494 e. The molecule has 0 aliphatic heterocycles. The molecule has 21 heavy (non-hydrogen) atoms. The lowest BCUT2D eigenvalue weighted by molar-refractivity contribution is 0.340. The van der Waals surface area contributed by atoms with Crippen LogP contribution in [0.15, 0.2) is 42.5 Å². The predicted octanol–water partition coefficient (Wildman–Crippen LogP) is 3.99. The summed E-state index contributed by atoms with van der Waals surface area (Å²) in [5, 5.41) is 0. The van der Waals surface area contributed by atoms with Crippen molar-refractivity contribution in [1.29, 1.82) is 0 Å². The lowest BCUT2D eigenvalue weighted by Crippen LogP contribution is -2.16. The maximum Gasteiger partial charge on any atom is 0.119 e. The zero-order valence-electron chi connectivity index (χ0n) is 13.2. The van der Waals surface area contributed by atoms with Crippen molar-refractivity contribution >= 4 is 0 Å². The van der Waals surface area contributed by atoms with Crippen molar-refractivity contribution in [3.63, 3.8) is 0 Å². The van der Waals surface area contributed by atoms with Crippen LogP contribution in [0, 0.1) is 13.8 Å². The van der Waals surface area contributed by atoms with Gasteiger partial charge in [0.25, 0.3) is 0 Å². The van der Waals surface area contributed by atoms with Crippen LogP contribution >= 0.6 is 0 Å². The van der Waals surface area contributed by atoms with Gasteiger partial charge >= 0.3 is 0 Å². The Bertz CT molecular complexity index is 575. The van der Waals surface area contributed by atoms with Gasteiger partial charge < -0.3 is 10.5 Å². The minimum absolute atomic E-state index is 0.364. The average Bonchev–Trinajstić information content (AvgIpc) is 2.47. The van der Waals surface area contributed by atoms with Gasteiger partial charge in [-0.15, -0.1) is 0 Å². The van der Waals surface area contributed by atoms with Gasteiger partial charge in [0, 0.05) is 5.92 Å². The Kier molecular flexibility index (Phi) is 5.40. The number of benzene rings is 2. The maximum atomic E-state index is 6.01. The molecule has 0 saturated heterocycles. The first-order valence-corrected chi connectivity index (χ1v) is 7.63. The van der Waals surface area contributed by atoms with Gasteiger partial charge in [-0.3, -0.25) is 0 Å². The van der Waals surface area contributed by atoms with E-state index in [9.17, 15) is 0 Å². The van der Waals surface area contributed by atoms with Gasteiger partial charge in [0.05, 0.1) is 6.61 Å². The van der Waals surface area contributed by atoms with E-state index < -0.39 is 0 Å². The van der Waals surface area contributed by atoms with Crippen molar-refractivity contribution in [2.75, 3.05) is 13.2 Å². The topological polar surface area (TPSA) is 35.2 Å².